The van der Waals surface area contributed by atoms with E-state index in [1.165, 1.54) is 0 Å². The van der Waals surface area contributed by atoms with Gasteiger partial charge in [0, 0.05) is 35.6 Å². The van der Waals surface area contributed by atoms with Crippen LogP contribution in [0.2, 0.25) is 0 Å². The van der Waals surface area contributed by atoms with Gasteiger partial charge in [-0.2, -0.15) is 0 Å². The molecule has 166 valence electrons. The summed E-state index contributed by atoms with van der Waals surface area (Å²) in [5.74, 6) is 1.49. The zero-order valence-corrected chi connectivity index (χ0v) is 19.5. The Bertz CT molecular complexity index is 899. The zero-order chi connectivity index (χ0) is 22.4. The summed E-state index contributed by atoms with van der Waals surface area (Å²) in [4.78, 5) is 27.1. The summed E-state index contributed by atoms with van der Waals surface area (Å²) < 4.78 is 17.0. The van der Waals surface area contributed by atoms with Crippen molar-refractivity contribution in [2.75, 3.05) is 34.4 Å². The van der Waals surface area contributed by atoms with Gasteiger partial charge in [0.25, 0.3) is 5.91 Å². The van der Waals surface area contributed by atoms with E-state index in [2.05, 4.69) is 21.2 Å². The lowest BCUT2D eigenvalue weighted by Gasteiger charge is -2.31. The Morgan fingerprint density at radius 1 is 1.00 bits per heavy atom. The van der Waals surface area contributed by atoms with Crippen molar-refractivity contribution in [3.8, 4) is 17.2 Å². The van der Waals surface area contributed by atoms with E-state index in [4.69, 9.17) is 14.2 Å². The van der Waals surface area contributed by atoms with Crippen molar-refractivity contribution in [1.82, 2.24) is 10.2 Å². The lowest BCUT2D eigenvalue weighted by Crippen LogP contribution is -2.42. The number of hydrogen-bond donors (Lipinski definition) is 1. The number of hydrogen-bond acceptors (Lipinski definition) is 5. The van der Waals surface area contributed by atoms with Crippen LogP contribution in [0.1, 0.15) is 28.8 Å². The lowest BCUT2D eigenvalue weighted by atomic mass is 9.95. The summed E-state index contributed by atoms with van der Waals surface area (Å²) in [6, 6.07) is 11.0. The maximum absolute atomic E-state index is 12.7. The van der Waals surface area contributed by atoms with Crippen LogP contribution >= 0.6 is 15.9 Å². The number of nitrogens with one attached hydrogen (secondary N) is 1. The van der Waals surface area contributed by atoms with Gasteiger partial charge in [0.2, 0.25) is 11.7 Å². The fourth-order valence-electron chi connectivity index (χ4n) is 3.69. The fraction of sp³-hybridized carbons (Fsp3) is 0.391. The van der Waals surface area contributed by atoms with Gasteiger partial charge in [-0.3, -0.25) is 9.59 Å². The number of ether oxygens (including phenoxy) is 3. The molecule has 2 aromatic carbocycles. The Hall–Kier alpha value is -2.74. The number of piperidine rings is 1. The minimum atomic E-state index is -0.115. The van der Waals surface area contributed by atoms with Crippen LogP contribution in [0.5, 0.6) is 17.2 Å². The number of benzene rings is 2. The van der Waals surface area contributed by atoms with Crippen LogP contribution < -0.4 is 19.5 Å². The molecule has 0 spiro atoms. The topological polar surface area (TPSA) is 77.1 Å². The maximum atomic E-state index is 12.7. The van der Waals surface area contributed by atoms with E-state index in [9.17, 15) is 9.59 Å². The molecule has 2 amide bonds. The summed E-state index contributed by atoms with van der Waals surface area (Å²) in [5, 5.41) is 2.99. The molecule has 31 heavy (non-hydrogen) atoms. The highest BCUT2D eigenvalue weighted by atomic mass is 79.9. The molecule has 7 nitrogen and oxygen atoms in total. The first-order chi connectivity index (χ1) is 15.0. The van der Waals surface area contributed by atoms with Crippen LogP contribution in [0, 0.1) is 5.92 Å². The number of carbonyl (C=O) groups excluding carboxylic acids is 2. The van der Waals surface area contributed by atoms with Crippen molar-refractivity contribution in [2.24, 2.45) is 5.92 Å². The van der Waals surface area contributed by atoms with E-state index in [-0.39, 0.29) is 17.7 Å². The van der Waals surface area contributed by atoms with Crippen LogP contribution in [0.3, 0.4) is 0 Å². The molecule has 1 aliphatic rings. The maximum Gasteiger partial charge on any atom is 0.253 e. The van der Waals surface area contributed by atoms with Gasteiger partial charge in [0.1, 0.15) is 0 Å². The van der Waals surface area contributed by atoms with Crippen LogP contribution in [-0.2, 0) is 11.3 Å². The molecule has 0 aliphatic carbocycles. The summed E-state index contributed by atoms with van der Waals surface area (Å²) in [6.07, 6.45) is 1.28. The van der Waals surface area contributed by atoms with Gasteiger partial charge in [-0.15, -0.1) is 0 Å². The Kier molecular flexibility index (Phi) is 7.79. The number of amides is 2. The van der Waals surface area contributed by atoms with Gasteiger partial charge >= 0.3 is 0 Å². The summed E-state index contributed by atoms with van der Waals surface area (Å²) >= 11 is 3.38. The average Bonchev–Trinajstić information content (AvgIpc) is 2.81. The number of nitrogens with zero attached hydrogens (tertiary/aromatic N) is 1. The van der Waals surface area contributed by atoms with Gasteiger partial charge < -0.3 is 24.4 Å². The third-order valence-electron chi connectivity index (χ3n) is 5.44. The molecule has 1 aliphatic heterocycles. The molecular formula is C23H27BrN2O5. The molecule has 0 atom stereocenters. The van der Waals surface area contributed by atoms with Crippen LogP contribution in [-0.4, -0.2) is 51.1 Å². The van der Waals surface area contributed by atoms with Crippen molar-refractivity contribution in [3.63, 3.8) is 0 Å². The zero-order valence-electron chi connectivity index (χ0n) is 17.9. The predicted octanol–water partition coefficient (Wildman–Crippen LogP) is 3.64. The minimum absolute atomic E-state index is 0.00350. The molecular weight excluding hydrogens is 464 g/mol. The molecule has 1 heterocycles. The summed E-state index contributed by atoms with van der Waals surface area (Å²) in [5.41, 5.74) is 1.51. The molecule has 1 N–H and O–H groups in total. The normalized spacial score (nSPS) is 14.1. The van der Waals surface area contributed by atoms with E-state index >= 15 is 0 Å². The number of likely N-dealkylation sites (tertiary alicyclic amines) is 1. The van der Waals surface area contributed by atoms with Gasteiger partial charge in [-0.1, -0.05) is 15.9 Å². The quantitative estimate of drug-likeness (QED) is 0.640. The highest BCUT2D eigenvalue weighted by Gasteiger charge is 2.27. The predicted molar refractivity (Wildman–Crippen MR) is 121 cm³/mol. The van der Waals surface area contributed by atoms with Gasteiger partial charge in [-0.05, 0) is 54.8 Å². The second-order valence-corrected chi connectivity index (χ2v) is 8.24. The Labute approximate surface area is 190 Å². The highest BCUT2D eigenvalue weighted by molar-refractivity contribution is 9.10. The lowest BCUT2D eigenvalue weighted by molar-refractivity contribution is -0.126. The summed E-state index contributed by atoms with van der Waals surface area (Å²) in [7, 11) is 4.67. The molecule has 0 unspecified atom stereocenters. The van der Waals surface area contributed by atoms with Gasteiger partial charge in [0.05, 0.1) is 21.3 Å². The van der Waals surface area contributed by atoms with Gasteiger partial charge in [0.15, 0.2) is 11.5 Å². The first kappa shape index (κ1) is 22.9. The van der Waals surface area contributed by atoms with E-state index in [0.29, 0.717) is 55.3 Å². The molecule has 0 radical (unpaired) electrons. The largest absolute Gasteiger partial charge is 0.493 e. The van der Waals surface area contributed by atoms with Crippen LogP contribution in [0.25, 0.3) is 0 Å². The highest BCUT2D eigenvalue weighted by Crippen LogP contribution is 2.38. The minimum Gasteiger partial charge on any atom is -0.493 e. The van der Waals surface area contributed by atoms with Crippen molar-refractivity contribution >= 4 is 27.7 Å². The first-order valence-corrected chi connectivity index (χ1v) is 10.9. The molecule has 1 saturated heterocycles. The molecule has 8 heteroatoms. The van der Waals surface area contributed by atoms with Crippen LogP contribution in [0.4, 0.5) is 0 Å². The second kappa shape index (κ2) is 10.5. The Balaban J connectivity index is 1.54. The molecule has 0 bridgehead atoms. The SMILES string of the molecule is COc1cc(CNC(=O)C2CCN(C(=O)c3ccc(Br)cc3)CC2)cc(OC)c1OC. The van der Waals surface area contributed by atoms with E-state index in [1.54, 1.807) is 21.3 Å². The fourth-order valence-corrected chi connectivity index (χ4v) is 3.96. The number of methoxy groups -OCH3 is 3. The molecule has 0 aromatic heterocycles. The Morgan fingerprint density at radius 2 is 1.58 bits per heavy atom. The number of halogens is 1. The molecule has 2 aromatic rings. The van der Waals surface area contributed by atoms with E-state index < -0.39 is 0 Å². The standard InChI is InChI=1S/C23H27BrN2O5/c1-29-19-12-15(13-20(30-2)21(19)31-3)14-25-22(27)16-8-10-26(11-9-16)23(28)17-4-6-18(24)7-5-17/h4-7,12-13,16H,8-11,14H2,1-3H3,(H,25,27). The number of carbonyl (C=O) groups is 2. The van der Waals surface area contributed by atoms with E-state index in [0.717, 1.165) is 10.0 Å². The smallest absolute Gasteiger partial charge is 0.253 e. The summed E-state index contributed by atoms with van der Waals surface area (Å²) in [6.45, 7) is 1.49. The second-order valence-electron chi connectivity index (χ2n) is 7.32. The molecule has 3 rings (SSSR count). The van der Waals surface area contributed by atoms with E-state index in [1.807, 2.05) is 41.3 Å². The monoisotopic (exact) mass is 490 g/mol. The number of rotatable bonds is 7. The Morgan fingerprint density at radius 3 is 2.10 bits per heavy atom. The molecule has 1 fully saturated rings. The van der Waals surface area contributed by atoms with Crippen molar-refractivity contribution in [2.45, 2.75) is 19.4 Å². The van der Waals surface area contributed by atoms with Gasteiger partial charge in [-0.25, -0.2) is 0 Å². The third-order valence-corrected chi connectivity index (χ3v) is 5.96. The average molecular weight is 491 g/mol. The third kappa shape index (κ3) is 5.50. The molecule has 0 saturated carbocycles. The van der Waals surface area contributed by atoms with Crippen molar-refractivity contribution < 1.29 is 23.8 Å². The van der Waals surface area contributed by atoms with Crippen molar-refractivity contribution in [1.29, 1.82) is 0 Å². The van der Waals surface area contributed by atoms with Crippen LogP contribution in [0.15, 0.2) is 40.9 Å². The van der Waals surface area contributed by atoms with Crippen molar-refractivity contribution in [3.05, 3.63) is 52.0 Å². The first-order valence-electron chi connectivity index (χ1n) is 10.1.